The van der Waals surface area contributed by atoms with Crippen LogP contribution in [0.3, 0.4) is 0 Å². The van der Waals surface area contributed by atoms with Crippen LogP contribution >= 0.6 is 11.3 Å². The van der Waals surface area contributed by atoms with Crippen LogP contribution in [0.15, 0.2) is 40.8 Å². The first-order valence-electron chi connectivity index (χ1n) is 8.65. The Hall–Kier alpha value is -2.48. The Bertz CT molecular complexity index is 714. The van der Waals surface area contributed by atoms with Gasteiger partial charge in [0.1, 0.15) is 17.6 Å². The largest absolute Gasteiger partial charge is 0.497 e. The number of anilines is 1. The molecule has 0 spiro atoms. The molecule has 1 saturated heterocycles. The molecular weight excluding hydrogens is 350 g/mol. The number of aromatic nitrogens is 1. The number of aliphatic imine (C=N–C) groups is 1. The van der Waals surface area contributed by atoms with Crippen molar-refractivity contribution in [2.24, 2.45) is 10.7 Å². The molecule has 26 heavy (non-hydrogen) atoms. The molecule has 1 atom stereocenters. The first-order valence-corrected chi connectivity index (χ1v) is 9.53. The summed E-state index contributed by atoms with van der Waals surface area (Å²) in [5, 5.41) is 3.07. The topological polar surface area (TPSA) is 76.2 Å². The van der Waals surface area contributed by atoms with Gasteiger partial charge in [0.05, 0.1) is 13.7 Å². The molecule has 2 heterocycles. The summed E-state index contributed by atoms with van der Waals surface area (Å²) in [6.45, 7) is 5.99. The van der Waals surface area contributed by atoms with E-state index in [0.717, 1.165) is 42.8 Å². The van der Waals surface area contributed by atoms with Gasteiger partial charge in [0.25, 0.3) is 0 Å². The smallest absolute Gasteiger partial charge is 0.191 e. The molecule has 3 rings (SSSR count). The Balaban J connectivity index is 1.47. The summed E-state index contributed by atoms with van der Waals surface area (Å²) in [4.78, 5) is 13.3. The van der Waals surface area contributed by atoms with Crippen LogP contribution in [0.25, 0.3) is 0 Å². The van der Waals surface area contributed by atoms with E-state index < -0.39 is 0 Å². The van der Waals surface area contributed by atoms with Gasteiger partial charge in [-0.3, -0.25) is 0 Å². The lowest BCUT2D eigenvalue weighted by molar-refractivity contribution is 0.228. The molecule has 2 aromatic rings. The van der Waals surface area contributed by atoms with Gasteiger partial charge in [0.2, 0.25) is 0 Å². The molecule has 1 aliphatic rings. The molecule has 8 heteroatoms. The van der Waals surface area contributed by atoms with E-state index in [4.69, 9.17) is 15.2 Å². The van der Waals surface area contributed by atoms with Crippen LogP contribution in [-0.4, -0.2) is 61.8 Å². The first-order chi connectivity index (χ1) is 12.7. The SMILES string of the molecule is COc1cccc(OC(C)CN=C(N)N2CCN(c3nccs3)CC2)c1. The molecule has 1 aliphatic heterocycles. The number of rotatable bonds is 6. The van der Waals surface area contributed by atoms with Gasteiger partial charge in [-0.2, -0.15) is 0 Å². The van der Waals surface area contributed by atoms with E-state index >= 15 is 0 Å². The second-order valence-electron chi connectivity index (χ2n) is 6.10. The predicted octanol–water partition coefficient (Wildman–Crippen LogP) is 2.06. The predicted molar refractivity (Wildman–Crippen MR) is 105 cm³/mol. The fraction of sp³-hybridized carbons (Fsp3) is 0.444. The molecule has 140 valence electrons. The average molecular weight is 375 g/mol. The van der Waals surface area contributed by atoms with Crippen LogP contribution in [0.2, 0.25) is 0 Å². The Morgan fingerprint density at radius 1 is 1.31 bits per heavy atom. The quantitative estimate of drug-likeness (QED) is 0.615. The number of guanidine groups is 1. The van der Waals surface area contributed by atoms with E-state index in [9.17, 15) is 0 Å². The van der Waals surface area contributed by atoms with Crippen LogP contribution in [0.4, 0.5) is 5.13 Å². The monoisotopic (exact) mass is 375 g/mol. The highest BCUT2D eigenvalue weighted by atomic mass is 32.1. The molecular formula is C18H25N5O2S. The molecule has 0 amide bonds. The van der Waals surface area contributed by atoms with Crippen molar-refractivity contribution in [1.29, 1.82) is 0 Å². The summed E-state index contributed by atoms with van der Waals surface area (Å²) >= 11 is 1.67. The van der Waals surface area contributed by atoms with Crippen molar-refractivity contribution >= 4 is 22.4 Å². The van der Waals surface area contributed by atoms with Crippen molar-refractivity contribution in [2.45, 2.75) is 13.0 Å². The van der Waals surface area contributed by atoms with E-state index in [0.29, 0.717) is 12.5 Å². The Kier molecular flexibility index (Phi) is 6.17. The molecule has 1 unspecified atom stereocenters. The molecule has 0 saturated carbocycles. The number of hydrogen-bond acceptors (Lipinski definition) is 6. The minimum Gasteiger partial charge on any atom is -0.497 e. The fourth-order valence-corrected chi connectivity index (χ4v) is 3.46. The van der Waals surface area contributed by atoms with Crippen molar-refractivity contribution in [3.05, 3.63) is 35.8 Å². The number of nitrogens with two attached hydrogens (primary N) is 1. The number of benzene rings is 1. The second kappa shape index (κ2) is 8.75. The summed E-state index contributed by atoms with van der Waals surface area (Å²) < 4.78 is 11.1. The molecule has 0 radical (unpaired) electrons. The molecule has 7 nitrogen and oxygen atoms in total. The average Bonchev–Trinajstić information content (AvgIpc) is 3.21. The summed E-state index contributed by atoms with van der Waals surface area (Å²) in [7, 11) is 1.64. The van der Waals surface area contributed by atoms with E-state index in [2.05, 4.69) is 19.8 Å². The van der Waals surface area contributed by atoms with Crippen molar-refractivity contribution in [3.63, 3.8) is 0 Å². The number of methoxy groups -OCH3 is 1. The van der Waals surface area contributed by atoms with Crippen molar-refractivity contribution in [3.8, 4) is 11.5 Å². The maximum absolute atomic E-state index is 6.17. The van der Waals surface area contributed by atoms with Crippen molar-refractivity contribution in [1.82, 2.24) is 9.88 Å². The Labute approximate surface area is 158 Å². The second-order valence-corrected chi connectivity index (χ2v) is 6.97. The maximum Gasteiger partial charge on any atom is 0.191 e. The zero-order valence-electron chi connectivity index (χ0n) is 15.2. The molecule has 0 bridgehead atoms. The van der Waals surface area contributed by atoms with Crippen LogP contribution in [0.5, 0.6) is 11.5 Å². The fourth-order valence-electron chi connectivity index (χ4n) is 2.77. The molecule has 2 N–H and O–H groups in total. The van der Waals surface area contributed by atoms with Gasteiger partial charge in [0, 0.05) is 43.8 Å². The van der Waals surface area contributed by atoms with E-state index in [1.807, 2.05) is 42.8 Å². The van der Waals surface area contributed by atoms with Gasteiger partial charge in [-0.15, -0.1) is 11.3 Å². The third-order valence-electron chi connectivity index (χ3n) is 4.18. The molecule has 0 aliphatic carbocycles. The minimum absolute atomic E-state index is 0.0720. The Morgan fingerprint density at radius 2 is 2.08 bits per heavy atom. The number of thiazole rings is 1. The van der Waals surface area contributed by atoms with Gasteiger partial charge in [-0.05, 0) is 19.1 Å². The van der Waals surface area contributed by atoms with Gasteiger partial charge in [-0.25, -0.2) is 9.98 Å². The third kappa shape index (κ3) is 4.78. The molecule has 1 fully saturated rings. The molecule has 1 aromatic carbocycles. The summed E-state index contributed by atoms with van der Waals surface area (Å²) in [6.07, 6.45) is 1.77. The van der Waals surface area contributed by atoms with Crippen LogP contribution < -0.4 is 20.1 Å². The summed E-state index contributed by atoms with van der Waals surface area (Å²) in [5.74, 6) is 2.11. The van der Waals surface area contributed by atoms with E-state index in [1.54, 1.807) is 18.4 Å². The van der Waals surface area contributed by atoms with Crippen LogP contribution in [0.1, 0.15) is 6.92 Å². The highest BCUT2D eigenvalue weighted by Crippen LogP contribution is 2.20. The van der Waals surface area contributed by atoms with Gasteiger partial charge in [0.15, 0.2) is 11.1 Å². The number of hydrogen-bond donors (Lipinski definition) is 1. The normalized spacial score (nSPS) is 16.5. The molecule has 1 aromatic heterocycles. The first kappa shape index (κ1) is 18.3. The summed E-state index contributed by atoms with van der Waals surface area (Å²) in [5.41, 5.74) is 6.17. The minimum atomic E-state index is -0.0720. The zero-order valence-corrected chi connectivity index (χ0v) is 16.0. The highest BCUT2D eigenvalue weighted by molar-refractivity contribution is 7.13. The lowest BCUT2D eigenvalue weighted by atomic mass is 10.3. The van der Waals surface area contributed by atoms with Gasteiger partial charge in [-0.1, -0.05) is 6.07 Å². The van der Waals surface area contributed by atoms with Crippen molar-refractivity contribution in [2.75, 3.05) is 44.7 Å². The van der Waals surface area contributed by atoms with Gasteiger partial charge >= 0.3 is 0 Å². The number of nitrogens with zero attached hydrogens (tertiary/aromatic N) is 4. The van der Waals surface area contributed by atoms with Crippen molar-refractivity contribution < 1.29 is 9.47 Å². The van der Waals surface area contributed by atoms with E-state index in [-0.39, 0.29) is 6.10 Å². The van der Waals surface area contributed by atoms with Crippen LogP contribution in [-0.2, 0) is 0 Å². The van der Waals surface area contributed by atoms with Crippen LogP contribution in [0, 0.1) is 0 Å². The lowest BCUT2D eigenvalue weighted by Gasteiger charge is -2.35. The number of ether oxygens (including phenoxy) is 2. The summed E-state index contributed by atoms with van der Waals surface area (Å²) in [6, 6.07) is 7.56. The number of piperazine rings is 1. The standard InChI is InChI=1S/C18H25N5O2S/c1-14(25-16-5-3-4-15(12-16)24-2)13-21-17(19)22-7-9-23(10-8-22)18-20-6-11-26-18/h3-6,11-12,14H,7-10,13H2,1-2H3,(H2,19,21). The lowest BCUT2D eigenvalue weighted by Crippen LogP contribution is -2.51. The van der Waals surface area contributed by atoms with Gasteiger partial charge < -0.3 is 25.0 Å². The third-order valence-corrected chi connectivity index (χ3v) is 5.01. The highest BCUT2D eigenvalue weighted by Gasteiger charge is 2.20. The zero-order chi connectivity index (χ0) is 18.4. The van der Waals surface area contributed by atoms with E-state index in [1.165, 1.54) is 0 Å². The Morgan fingerprint density at radius 3 is 2.77 bits per heavy atom. The maximum atomic E-state index is 6.17.